The molecule has 0 aromatic heterocycles. The topological polar surface area (TPSA) is 15.3 Å². The molecule has 0 aromatic carbocycles. The molecule has 3 atom stereocenters. The van der Waals surface area contributed by atoms with Crippen molar-refractivity contribution in [3.05, 3.63) is 0 Å². The van der Waals surface area contributed by atoms with Gasteiger partial charge in [0.25, 0.3) is 0 Å². The second-order valence-electron chi connectivity index (χ2n) is 5.72. The van der Waals surface area contributed by atoms with E-state index in [0.29, 0.717) is 0 Å². The van der Waals surface area contributed by atoms with E-state index < -0.39 is 0 Å². The van der Waals surface area contributed by atoms with Crippen LogP contribution in [0.25, 0.3) is 0 Å². The smallest absolute Gasteiger partial charge is 0.0111 e. The molecular weight excluding hydrogens is 208 g/mol. The van der Waals surface area contributed by atoms with Crippen molar-refractivity contribution < 1.29 is 0 Å². The van der Waals surface area contributed by atoms with Crippen molar-refractivity contribution >= 4 is 0 Å². The molecule has 0 bridgehead atoms. The van der Waals surface area contributed by atoms with Gasteiger partial charge in [0.05, 0.1) is 0 Å². The van der Waals surface area contributed by atoms with Gasteiger partial charge in [0, 0.05) is 18.6 Å². The molecule has 3 unspecified atom stereocenters. The maximum absolute atomic E-state index is 3.68. The second-order valence-corrected chi connectivity index (χ2v) is 5.72. The summed E-state index contributed by atoms with van der Waals surface area (Å²) in [5, 5.41) is 3.68. The third kappa shape index (κ3) is 4.97. The average Bonchev–Trinajstić information content (AvgIpc) is 2.81. The molecule has 102 valence electrons. The zero-order valence-corrected chi connectivity index (χ0v) is 12.3. The van der Waals surface area contributed by atoms with Crippen LogP contribution in [0.3, 0.4) is 0 Å². The van der Waals surface area contributed by atoms with Crippen molar-refractivity contribution in [1.29, 1.82) is 0 Å². The van der Waals surface area contributed by atoms with Crippen molar-refractivity contribution in [3.8, 4) is 0 Å². The highest BCUT2D eigenvalue weighted by molar-refractivity contribution is 4.86. The summed E-state index contributed by atoms with van der Waals surface area (Å²) in [6.07, 6.45) is 6.70. The lowest BCUT2D eigenvalue weighted by Crippen LogP contribution is -2.38. The fraction of sp³-hybridized carbons (Fsp3) is 1.00. The normalized spacial score (nSPS) is 26.6. The van der Waals surface area contributed by atoms with Gasteiger partial charge in [-0.2, -0.15) is 0 Å². The van der Waals surface area contributed by atoms with Gasteiger partial charge in [-0.25, -0.2) is 0 Å². The molecule has 1 saturated carbocycles. The average molecular weight is 240 g/mol. The third-order valence-corrected chi connectivity index (χ3v) is 4.25. The van der Waals surface area contributed by atoms with E-state index >= 15 is 0 Å². The molecule has 0 radical (unpaired) electrons. The zero-order chi connectivity index (χ0) is 12.7. The Kier molecular flexibility index (Phi) is 7.14. The molecule has 1 aliphatic carbocycles. The minimum atomic E-state index is 0.783. The van der Waals surface area contributed by atoms with E-state index in [-0.39, 0.29) is 0 Å². The van der Waals surface area contributed by atoms with Crippen LogP contribution in [0.15, 0.2) is 0 Å². The van der Waals surface area contributed by atoms with E-state index in [0.717, 1.165) is 18.0 Å². The summed E-state index contributed by atoms with van der Waals surface area (Å²) in [5.74, 6) is 0.845. The summed E-state index contributed by atoms with van der Waals surface area (Å²) < 4.78 is 0. The fourth-order valence-electron chi connectivity index (χ4n) is 2.89. The minimum Gasteiger partial charge on any atom is -0.314 e. The lowest BCUT2D eigenvalue weighted by molar-refractivity contribution is 0.177. The molecule has 0 amide bonds. The van der Waals surface area contributed by atoms with E-state index in [1.165, 1.54) is 51.7 Å². The van der Waals surface area contributed by atoms with Gasteiger partial charge in [-0.15, -0.1) is 0 Å². The predicted octanol–water partition coefficient (Wildman–Crippen LogP) is 3.28. The maximum Gasteiger partial charge on any atom is 0.0111 e. The van der Waals surface area contributed by atoms with Crippen LogP contribution < -0.4 is 5.32 Å². The summed E-state index contributed by atoms with van der Waals surface area (Å²) in [6, 6.07) is 1.62. The van der Waals surface area contributed by atoms with Gasteiger partial charge in [0.15, 0.2) is 0 Å². The number of rotatable bonds is 8. The van der Waals surface area contributed by atoms with Crippen molar-refractivity contribution in [1.82, 2.24) is 10.2 Å². The summed E-state index contributed by atoms with van der Waals surface area (Å²) in [5.41, 5.74) is 0. The summed E-state index contributed by atoms with van der Waals surface area (Å²) in [6.45, 7) is 12.9. The molecule has 0 spiro atoms. The van der Waals surface area contributed by atoms with E-state index in [4.69, 9.17) is 0 Å². The van der Waals surface area contributed by atoms with Gasteiger partial charge >= 0.3 is 0 Å². The highest BCUT2D eigenvalue weighted by Gasteiger charge is 2.28. The predicted molar refractivity (Wildman–Crippen MR) is 76.4 cm³/mol. The molecule has 0 heterocycles. The zero-order valence-electron chi connectivity index (χ0n) is 12.3. The van der Waals surface area contributed by atoms with E-state index in [9.17, 15) is 0 Å². The molecule has 0 aliphatic heterocycles. The number of nitrogens with zero attached hydrogens (tertiary/aromatic N) is 1. The molecule has 0 saturated heterocycles. The first-order chi connectivity index (χ1) is 8.21. The van der Waals surface area contributed by atoms with Crippen LogP contribution in [0.2, 0.25) is 0 Å². The Morgan fingerprint density at radius 1 is 1.24 bits per heavy atom. The van der Waals surface area contributed by atoms with Gasteiger partial charge in [-0.05, 0) is 44.7 Å². The quantitative estimate of drug-likeness (QED) is 0.700. The Morgan fingerprint density at radius 2 is 2.00 bits per heavy atom. The summed E-state index contributed by atoms with van der Waals surface area (Å²) in [7, 11) is 0. The molecule has 0 aromatic rings. The Labute approximate surface area is 108 Å². The molecule has 1 N–H and O–H groups in total. The lowest BCUT2D eigenvalue weighted by Gasteiger charge is -2.30. The van der Waals surface area contributed by atoms with Gasteiger partial charge in [0.1, 0.15) is 0 Å². The first kappa shape index (κ1) is 15.0. The van der Waals surface area contributed by atoms with Crippen molar-refractivity contribution in [2.45, 2.75) is 71.9 Å². The summed E-state index contributed by atoms with van der Waals surface area (Å²) >= 11 is 0. The standard InChI is InChI=1S/C15H32N2/c1-5-10-16-14-8-9-15(11-14)17(7-3)12-13(4)6-2/h13-16H,5-12H2,1-4H3. The van der Waals surface area contributed by atoms with Crippen LogP contribution in [0.1, 0.15) is 59.8 Å². The van der Waals surface area contributed by atoms with Gasteiger partial charge < -0.3 is 10.2 Å². The Balaban J connectivity index is 2.33. The second kappa shape index (κ2) is 8.10. The largest absolute Gasteiger partial charge is 0.314 e. The summed E-state index contributed by atoms with van der Waals surface area (Å²) in [4.78, 5) is 2.71. The third-order valence-electron chi connectivity index (χ3n) is 4.25. The van der Waals surface area contributed by atoms with Crippen LogP contribution in [-0.4, -0.2) is 36.6 Å². The van der Waals surface area contributed by atoms with Crippen LogP contribution in [0, 0.1) is 5.92 Å². The van der Waals surface area contributed by atoms with E-state index in [1.54, 1.807) is 0 Å². The van der Waals surface area contributed by atoms with E-state index in [2.05, 4.69) is 37.9 Å². The highest BCUT2D eigenvalue weighted by Crippen LogP contribution is 2.25. The van der Waals surface area contributed by atoms with Crippen LogP contribution in [0.4, 0.5) is 0 Å². The minimum absolute atomic E-state index is 0.783. The van der Waals surface area contributed by atoms with Crippen molar-refractivity contribution in [2.24, 2.45) is 5.92 Å². The SMILES string of the molecule is CCCNC1CCC(N(CC)CC(C)CC)C1. The van der Waals surface area contributed by atoms with Crippen molar-refractivity contribution in [3.63, 3.8) is 0 Å². The number of nitrogens with one attached hydrogen (secondary N) is 1. The maximum atomic E-state index is 3.68. The van der Waals surface area contributed by atoms with Crippen LogP contribution >= 0.6 is 0 Å². The Morgan fingerprint density at radius 3 is 2.59 bits per heavy atom. The molecule has 17 heavy (non-hydrogen) atoms. The molecule has 2 heteroatoms. The van der Waals surface area contributed by atoms with Crippen molar-refractivity contribution in [2.75, 3.05) is 19.6 Å². The van der Waals surface area contributed by atoms with Crippen LogP contribution in [0.5, 0.6) is 0 Å². The monoisotopic (exact) mass is 240 g/mol. The fourth-order valence-corrected chi connectivity index (χ4v) is 2.89. The molecule has 1 aliphatic rings. The molecule has 1 fully saturated rings. The van der Waals surface area contributed by atoms with E-state index in [1.807, 2.05) is 0 Å². The van der Waals surface area contributed by atoms with Gasteiger partial charge in [0.2, 0.25) is 0 Å². The Hall–Kier alpha value is -0.0800. The number of hydrogen-bond donors (Lipinski definition) is 1. The highest BCUT2D eigenvalue weighted by atomic mass is 15.2. The number of hydrogen-bond acceptors (Lipinski definition) is 2. The molecular formula is C15H32N2. The molecule has 2 nitrogen and oxygen atoms in total. The van der Waals surface area contributed by atoms with Gasteiger partial charge in [-0.1, -0.05) is 34.1 Å². The first-order valence-electron chi connectivity index (χ1n) is 7.68. The van der Waals surface area contributed by atoms with Crippen LogP contribution in [-0.2, 0) is 0 Å². The molecule has 1 rings (SSSR count). The van der Waals surface area contributed by atoms with Gasteiger partial charge in [-0.3, -0.25) is 0 Å². The first-order valence-corrected chi connectivity index (χ1v) is 7.68. The Bertz CT molecular complexity index is 193. The lowest BCUT2D eigenvalue weighted by atomic mass is 10.1.